The largest absolute Gasteiger partial charge is 0.340 e. The highest BCUT2D eigenvalue weighted by molar-refractivity contribution is 6.30. The predicted octanol–water partition coefficient (Wildman–Crippen LogP) is 4.51. The summed E-state index contributed by atoms with van der Waals surface area (Å²) in [5.74, 6) is 0.180. The van der Waals surface area contributed by atoms with Crippen LogP contribution in [0.5, 0.6) is 0 Å². The average Bonchev–Trinajstić information content (AvgIpc) is 2.54. The summed E-state index contributed by atoms with van der Waals surface area (Å²) in [6.07, 6.45) is 3.42. The lowest BCUT2D eigenvalue weighted by atomic mass is 9.78. The fourth-order valence-electron chi connectivity index (χ4n) is 3.59. The third-order valence-corrected chi connectivity index (χ3v) is 5.35. The first-order chi connectivity index (χ1) is 11.7. The molecule has 0 aliphatic carbocycles. The molecule has 1 aliphatic rings. The monoisotopic (exact) mass is 362 g/mol. The summed E-state index contributed by atoms with van der Waals surface area (Å²) in [5, 5.41) is 0.778. The minimum Gasteiger partial charge on any atom is -0.340 e. The van der Waals surface area contributed by atoms with E-state index in [1.807, 2.05) is 17.0 Å². The van der Waals surface area contributed by atoms with Gasteiger partial charge in [-0.1, -0.05) is 49.2 Å². The van der Waals surface area contributed by atoms with E-state index in [1.54, 1.807) is 6.92 Å². The van der Waals surface area contributed by atoms with Gasteiger partial charge in [0.15, 0.2) is 0 Å². The van der Waals surface area contributed by atoms with E-state index in [2.05, 4.69) is 50.8 Å². The molecule has 1 saturated heterocycles. The van der Waals surface area contributed by atoms with Crippen LogP contribution >= 0.6 is 11.6 Å². The zero-order valence-electron chi connectivity index (χ0n) is 16.2. The number of benzene rings is 1. The first kappa shape index (κ1) is 20.0. The minimum atomic E-state index is 0.0545. The Hall–Kier alpha value is -1.32. The second-order valence-electron chi connectivity index (χ2n) is 7.95. The van der Waals surface area contributed by atoms with Gasteiger partial charge in [0.1, 0.15) is 0 Å². The molecule has 1 atom stereocenters. The molecule has 3 nitrogen and oxygen atoms in total. The summed E-state index contributed by atoms with van der Waals surface area (Å²) in [5.41, 5.74) is 2.70. The number of amides is 1. The molecule has 0 bridgehead atoms. The van der Waals surface area contributed by atoms with Crippen LogP contribution in [-0.2, 0) is 10.2 Å². The van der Waals surface area contributed by atoms with Gasteiger partial charge in [0.2, 0.25) is 5.91 Å². The van der Waals surface area contributed by atoms with E-state index in [4.69, 9.17) is 11.6 Å². The van der Waals surface area contributed by atoms with Gasteiger partial charge in [0.25, 0.3) is 0 Å². The van der Waals surface area contributed by atoms with Crippen LogP contribution in [0.4, 0.5) is 0 Å². The minimum absolute atomic E-state index is 0.0545. The normalized spacial score (nSPS) is 17.3. The quantitative estimate of drug-likeness (QED) is 0.719. The van der Waals surface area contributed by atoms with E-state index in [0.29, 0.717) is 6.04 Å². The van der Waals surface area contributed by atoms with Crippen LogP contribution in [0.1, 0.15) is 46.6 Å². The Labute approximate surface area is 157 Å². The van der Waals surface area contributed by atoms with E-state index in [0.717, 1.165) is 37.6 Å². The summed E-state index contributed by atoms with van der Waals surface area (Å²) in [6.45, 7) is 14.1. The maximum atomic E-state index is 11.6. The molecule has 0 N–H and O–H groups in total. The van der Waals surface area contributed by atoms with Gasteiger partial charge in [-0.3, -0.25) is 9.69 Å². The summed E-state index contributed by atoms with van der Waals surface area (Å²) < 4.78 is 0. The van der Waals surface area contributed by atoms with E-state index in [1.165, 1.54) is 11.1 Å². The molecule has 1 aliphatic heterocycles. The first-order valence-electron chi connectivity index (χ1n) is 9.10. The molecule has 0 aromatic heterocycles. The molecule has 1 fully saturated rings. The molecular formula is C21H31ClN2O. The van der Waals surface area contributed by atoms with Crippen LogP contribution in [0.25, 0.3) is 0 Å². The van der Waals surface area contributed by atoms with Crippen molar-refractivity contribution in [3.05, 3.63) is 46.5 Å². The van der Waals surface area contributed by atoms with E-state index >= 15 is 0 Å². The number of piperazine rings is 1. The lowest BCUT2D eigenvalue weighted by Gasteiger charge is -2.41. The highest BCUT2D eigenvalue weighted by atomic mass is 35.5. The van der Waals surface area contributed by atoms with Gasteiger partial charge < -0.3 is 4.90 Å². The Kier molecular flexibility index (Phi) is 6.70. The molecule has 25 heavy (non-hydrogen) atoms. The van der Waals surface area contributed by atoms with Gasteiger partial charge in [-0.25, -0.2) is 0 Å². The van der Waals surface area contributed by atoms with Crippen molar-refractivity contribution in [2.24, 2.45) is 0 Å². The van der Waals surface area contributed by atoms with E-state index in [-0.39, 0.29) is 11.3 Å². The van der Waals surface area contributed by atoms with Crippen LogP contribution in [0.3, 0.4) is 0 Å². The molecule has 0 radical (unpaired) electrons. The predicted molar refractivity (Wildman–Crippen MR) is 106 cm³/mol. The first-order valence-corrected chi connectivity index (χ1v) is 9.47. The van der Waals surface area contributed by atoms with Gasteiger partial charge in [-0.05, 0) is 43.4 Å². The standard InChI is InChI=1S/C21H31ClN2O/c1-16(2)14-20(24-12-10-23(11-13-24)17(3)25)15-21(4,5)18-6-8-19(22)9-7-18/h6-9,14,20H,10-13,15H2,1-5H3. The summed E-state index contributed by atoms with van der Waals surface area (Å²) in [4.78, 5) is 16.0. The number of carbonyl (C=O) groups excluding carboxylic acids is 1. The van der Waals surface area contributed by atoms with Crippen molar-refractivity contribution in [1.82, 2.24) is 9.80 Å². The summed E-state index contributed by atoms with van der Waals surface area (Å²) in [6, 6.07) is 8.59. The van der Waals surface area contributed by atoms with Crippen LogP contribution < -0.4 is 0 Å². The van der Waals surface area contributed by atoms with Crippen molar-refractivity contribution in [2.75, 3.05) is 26.2 Å². The molecule has 138 valence electrons. The second-order valence-corrected chi connectivity index (χ2v) is 8.38. The highest BCUT2D eigenvalue weighted by Gasteiger charge is 2.30. The number of rotatable bonds is 5. The maximum absolute atomic E-state index is 11.6. The number of carbonyl (C=O) groups is 1. The van der Waals surface area contributed by atoms with Crippen molar-refractivity contribution in [1.29, 1.82) is 0 Å². The number of hydrogen-bond acceptors (Lipinski definition) is 2. The molecule has 0 spiro atoms. The van der Waals surface area contributed by atoms with Crippen LogP contribution in [0.2, 0.25) is 5.02 Å². The third-order valence-electron chi connectivity index (χ3n) is 5.10. The topological polar surface area (TPSA) is 23.6 Å². The summed E-state index contributed by atoms with van der Waals surface area (Å²) in [7, 11) is 0. The molecular weight excluding hydrogens is 332 g/mol. The van der Waals surface area contributed by atoms with Gasteiger partial charge >= 0.3 is 0 Å². The molecule has 4 heteroatoms. The molecule has 1 aromatic rings. The fraction of sp³-hybridized carbons (Fsp3) is 0.571. The molecule has 1 unspecified atom stereocenters. The smallest absolute Gasteiger partial charge is 0.219 e. The zero-order chi connectivity index (χ0) is 18.6. The molecule has 1 aromatic carbocycles. The lowest BCUT2D eigenvalue weighted by Crippen LogP contribution is -2.52. The Bertz CT molecular complexity index is 609. The molecule has 1 amide bonds. The second kappa shape index (κ2) is 8.37. The van der Waals surface area contributed by atoms with Crippen LogP contribution in [0.15, 0.2) is 35.9 Å². The Balaban J connectivity index is 2.14. The fourth-order valence-corrected chi connectivity index (χ4v) is 3.71. The highest BCUT2D eigenvalue weighted by Crippen LogP contribution is 2.32. The van der Waals surface area contributed by atoms with Gasteiger partial charge in [0, 0.05) is 44.2 Å². The van der Waals surface area contributed by atoms with Gasteiger partial charge in [-0.15, -0.1) is 0 Å². The molecule has 2 rings (SSSR count). The zero-order valence-corrected chi connectivity index (χ0v) is 16.9. The van der Waals surface area contributed by atoms with Crippen molar-refractivity contribution >= 4 is 17.5 Å². The van der Waals surface area contributed by atoms with Gasteiger partial charge in [-0.2, -0.15) is 0 Å². The number of nitrogens with zero attached hydrogens (tertiary/aromatic N) is 2. The number of allylic oxidation sites excluding steroid dienone is 1. The lowest BCUT2D eigenvalue weighted by molar-refractivity contribution is -0.130. The SMILES string of the molecule is CC(=O)N1CCN(C(C=C(C)C)CC(C)(C)c2ccc(Cl)cc2)CC1. The Morgan fingerprint density at radius 2 is 1.68 bits per heavy atom. The maximum Gasteiger partial charge on any atom is 0.219 e. The van der Waals surface area contributed by atoms with E-state index < -0.39 is 0 Å². The average molecular weight is 363 g/mol. The van der Waals surface area contributed by atoms with Crippen molar-refractivity contribution in [2.45, 2.75) is 52.5 Å². The van der Waals surface area contributed by atoms with Crippen LogP contribution in [0, 0.1) is 0 Å². The van der Waals surface area contributed by atoms with Crippen molar-refractivity contribution < 1.29 is 4.79 Å². The number of halogens is 1. The molecule has 0 saturated carbocycles. The number of hydrogen-bond donors (Lipinski definition) is 0. The Morgan fingerprint density at radius 1 is 1.12 bits per heavy atom. The van der Waals surface area contributed by atoms with Crippen LogP contribution in [-0.4, -0.2) is 47.9 Å². The van der Waals surface area contributed by atoms with E-state index in [9.17, 15) is 4.79 Å². The van der Waals surface area contributed by atoms with Crippen molar-refractivity contribution in [3.63, 3.8) is 0 Å². The summed E-state index contributed by atoms with van der Waals surface area (Å²) >= 11 is 6.05. The Morgan fingerprint density at radius 3 is 2.16 bits per heavy atom. The van der Waals surface area contributed by atoms with Crippen molar-refractivity contribution in [3.8, 4) is 0 Å². The molecule has 1 heterocycles. The van der Waals surface area contributed by atoms with Gasteiger partial charge in [0.05, 0.1) is 0 Å². The third kappa shape index (κ3) is 5.58.